The van der Waals surface area contributed by atoms with Crippen molar-refractivity contribution in [2.24, 2.45) is 0 Å². The minimum atomic E-state index is -3.04. The second kappa shape index (κ2) is 5.33. The maximum absolute atomic E-state index is 8.80. The first-order chi connectivity index (χ1) is 6.76. The average molecular weight is 219 g/mol. The van der Waals surface area contributed by atoms with Gasteiger partial charge in [-0.2, -0.15) is 0 Å². The molecule has 14 heavy (non-hydrogen) atoms. The Kier molecular flexibility index (Phi) is 4.37. The molecule has 0 unspecified atom stereocenters. The summed E-state index contributed by atoms with van der Waals surface area (Å²) in [7, 11) is -3.04. The third-order valence-electron chi connectivity index (χ3n) is 1.88. The van der Waals surface area contributed by atoms with Crippen LogP contribution >= 0.6 is 7.71 Å². The molecule has 0 atom stereocenters. The summed E-state index contributed by atoms with van der Waals surface area (Å²) in [5.41, 5.74) is 0.879. The summed E-state index contributed by atoms with van der Waals surface area (Å²) in [5.74, 6) is 0. The van der Waals surface area contributed by atoms with Gasteiger partial charge >= 0.3 is 81.1 Å². The second-order valence-corrected chi connectivity index (χ2v) is 5.74. The Morgan fingerprint density at radius 1 is 0.929 bits per heavy atom. The standard InChI is InChI=1S/C7H14N3O3P/c11-8-14(9-12,10-13)6-7-4-2-1-3-5-7/h1-5,8-14H,6H2. The molecule has 6 N–H and O–H groups in total. The van der Waals surface area contributed by atoms with Gasteiger partial charge in [-0.15, -0.1) is 0 Å². The number of hydrogen-bond donors (Lipinski definition) is 6. The number of nitrogens with one attached hydrogen (secondary N) is 3. The van der Waals surface area contributed by atoms with E-state index in [2.05, 4.69) is 0 Å². The van der Waals surface area contributed by atoms with E-state index in [4.69, 9.17) is 15.6 Å². The van der Waals surface area contributed by atoms with Gasteiger partial charge in [-0.3, -0.25) is 0 Å². The minimum absolute atomic E-state index is 0.289. The van der Waals surface area contributed by atoms with Crippen molar-refractivity contribution >= 4 is 7.71 Å². The summed E-state index contributed by atoms with van der Waals surface area (Å²) in [6.07, 6.45) is 0.289. The summed E-state index contributed by atoms with van der Waals surface area (Å²) in [6, 6.07) is 9.18. The van der Waals surface area contributed by atoms with E-state index in [9.17, 15) is 0 Å². The van der Waals surface area contributed by atoms with Crippen LogP contribution in [0, 0.1) is 0 Å². The molecule has 0 spiro atoms. The summed E-state index contributed by atoms with van der Waals surface area (Å²) >= 11 is 0. The van der Waals surface area contributed by atoms with E-state index in [1.807, 2.05) is 46.1 Å². The van der Waals surface area contributed by atoms with Crippen LogP contribution in [-0.4, -0.2) is 15.6 Å². The Morgan fingerprint density at radius 3 is 1.86 bits per heavy atom. The van der Waals surface area contributed by atoms with Crippen LogP contribution in [0.3, 0.4) is 0 Å². The molecule has 80 valence electrons. The molecule has 0 saturated heterocycles. The molecule has 1 aromatic rings. The first kappa shape index (κ1) is 11.5. The Labute approximate surface area is 81.9 Å². The fourth-order valence-electron chi connectivity index (χ4n) is 1.10. The van der Waals surface area contributed by atoms with Gasteiger partial charge in [-0.25, -0.2) is 0 Å². The van der Waals surface area contributed by atoms with E-state index in [1.165, 1.54) is 0 Å². The molecule has 0 aromatic heterocycles. The summed E-state index contributed by atoms with van der Waals surface area (Å²) in [6.45, 7) is 0. The van der Waals surface area contributed by atoms with Crippen LogP contribution in [0.2, 0.25) is 0 Å². The van der Waals surface area contributed by atoms with Crippen LogP contribution in [-0.2, 0) is 6.16 Å². The number of hydrogen-bond acceptors (Lipinski definition) is 6. The van der Waals surface area contributed by atoms with Gasteiger partial charge in [0.25, 0.3) is 0 Å². The molecular weight excluding hydrogens is 205 g/mol. The Balaban J connectivity index is 2.74. The van der Waals surface area contributed by atoms with E-state index in [1.54, 1.807) is 0 Å². The molecule has 6 nitrogen and oxygen atoms in total. The van der Waals surface area contributed by atoms with E-state index in [-0.39, 0.29) is 6.16 Å². The van der Waals surface area contributed by atoms with Crippen LogP contribution in [0.5, 0.6) is 0 Å². The van der Waals surface area contributed by atoms with Crippen molar-refractivity contribution in [2.45, 2.75) is 6.16 Å². The molecular formula is C7H14N3O3P. The number of rotatable bonds is 5. The third kappa shape index (κ3) is 2.70. The van der Waals surface area contributed by atoms with Gasteiger partial charge in [0, 0.05) is 0 Å². The van der Waals surface area contributed by atoms with Crippen LogP contribution in [0.15, 0.2) is 30.3 Å². The van der Waals surface area contributed by atoms with Crippen molar-refractivity contribution in [2.75, 3.05) is 0 Å². The fourth-order valence-corrected chi connectivity index (χ4v) is 2.33. The van der Waals surface area contributed by atoms with Gasteiger partial charge in [-0.1, -0.05) is 0 Å². The fraction of sp³-hybridized carbons (Fsp3) is 0.143. The molecule has 1 aromatic carbocycles. The molecule has 0 heterocycles. The quantitative estimate of drug-likeness (QED) is 0.321. The zero-order valence-electron chi connectivity index (χ0n) is 7.44. The van der Waals surface area contributed by atoms with E-state index < -0.39 is 7.71 Å². The zero-order chi connectivity index (χ0) is 10.4. The molecule has 0 aliphatic carbocycles. The van der Waals surface area contributed by atoms with Gasteiger partial charge in [0.2, 0.25) is 0 Å². The number of benzene rings is 1. The van der Waals surface area contributed by atoms with Crippen LogP contribution < -0.4 is 15.8 Å². The topological polar surface area (TPSA) is 96.8 Å². The summed E-state index contributed by atoms with van der Waals surface area (Å²) in [4.78, 5) is 0. The first-order valence-electron chi connectivity index (χ1n) is 4.04. The van der Waals surface area contributed by atoms with Crippen LogP contribution in [0.4, 0.5) is 0 Å². The average Bonchev–Trinajstić information content (AvgIpc) is 2.28. The van der Waals surface area contributed by atoms with Crippen molar-refractivity contribution in [3.8, 4) is 0 Å². The van der Waals surface area contributed by atoms with Gasteiger partial charge in [-0.05, 0) is 0 Å². The molecule has 0 saturated carbocycles. The molecule has 0 amide bonds. The van der Waals surface area contributed by atoms with Crippen molar-refractivity contribution < 1.29 is 15.6 Å². The van der Waals surface area contributed by atoms with Gasteiger partial charge in [0.15, 0.2) is 0 Å². The SMILES string of the molecule is ON[PH](Cc1ccccc1)(NO)NO. The third-order valence-corrected chi connectivity index (χ3v) is 3.97. The Morgan fingerprint density at radius 2 is 1.43 bits per heavy atom. The molecule has 0 bridgehead atoms. The van der Waals surface area contributed by atoms with E-state index >= 15 is 0 Å². The van der Waals surface area contributed by atoms with Crippen molar-refractivity contribution in [3.05, 3.63) is 35.9 Å². The Bertz CT molecular complexity index is 260. The molecule has 0 radical (unpaired) electrons. The van der Waals surface area contributed by atoms with Crippen LogP contribution in [0.1, 0.15) is 5.56 Å². The molecule has 0 aliphatic heterocycles. The van der Waals surface area contributed by atoms with Crippen LogP contribution in [0.25, 0.3) is 0 Å². The van der Waals surface area contributed by atoms with E-state index in [0.29, 0.717) is 0 Å². The summed E-state index contributed by atoms with van der Waals surface area (Å²) in [5, 5.41) is 32.1. The van der Waals surface area contributed by atoms with Crippen molar-refractivity contribution in [1.82, 2.24) is 15.8 Å². The second-order valence-electron chi connectivity index (χ2n) is 2.90. The van der Waals surface area contributed by atoms with Crippen molar-refractivity contribution in [1.29, 1.82) is 0 Å². The maximum atomic E-state index is 8.80. The van der Waals surface area contributed by atoms with Gasteiger partial charge in [0.1, 0.15) is 0 Å². The summed E-state index contributed by atoms with van der Waals surface area (Å²) < 4.78 is 0. The molecule has 0 aliphatic rings. The van der Waals surface area contributed by atoms with Crippen molar-refractivity contribution in [3.63, 3.8) is 0 Å². The monoisotopic (exact) mass is 219 g/mol. The van der Waals surface area contributed by atoms with E-state index in [0.717, 1.165) is 5.56 Å². The normalized spacial score (nSPS) is 12.8. The predicted octanol–water partition coefficient (Wildman–Crippen LogP) is 0.618. The first-order valence-corrected chi connectivity index (χ1v) is 6.25. The molecule has 0 fully saturated rings. The van der Waals surface area contributed by atoms with Gasteiger partial charge < -0.3 is 0 Å². The Hall–Kier alpha value is -0.590. The molecule has 1 rings (SSSR count). The zero-order valence-corrected chi connectivity index (χ0v) is 8.44. The predicted molar refractivity (Wildman–Crippen MR) is 53.2 cm³/mol. The van der Waals surface area contributed by atoms with Gasteiger partial charge in [0.05, 0.1) is 0 Å². The molecule has 7 heteroatoms.